The van der Waals surface area contributed by atoms with Gasteiger partial charge in [-0.15, -0.1) is 0 Å². The highest BCUT2D eigenvalue weighted by atomic mass is 19.4. The first kappa shape index (κ1) is 39.0. The summed E-state index contributed by atoms with van der Waals surface area (Å²) in [5, 5.41) is 27.1. The van der Waals surface area contributed by atoms with E-state index in [9.17, 15) is 37.1 Å². The van der Waals surface area contributed by atoms with Gasteiger partial charge in [-0.25, -0.2) is 14.0 Å². The number of hydrogen-bond donors (Lipinski definition) is 4. The maximum atomic E-state index is 13.6. The van der Waals surface area contributed by atoms with Crippen LogP contribution in [0.25, 0.3) is 0 Å². The minimum Gasteiger partial charge on any atom is -0.542 e. The van der Waals surface area contributed by atoms with Crippen molar-refractivity contribution in [3.63, 3.8) is 0 Å². The summed E-state index contributed by atoms with van der Waals surface area (Å²) in [6.07, 6.45) is -2.38. The summed E-state index contributed by atoms with van der Waals surface area (Å²) >= 11 is 0. The molecule has 0 aliphatic carbocycles. The Morgan fingerprint density at radius 1 is 1.02 bits per heavy atom. The maximum Gasteiger partial charge on any atom is 0.430 e. The molecule has 1 saturated heterocycles. The molecular formula is C35H38F4N4O7. The van der Waals surface area contributed by atoms with E-state index in [-0.39, 0.29) is 36.5 Å². The smallest absolute Gasteiger partial charge is 0.430 e. The number of quaternary nitrogens is 1. The zero-order valence-corrected chi connectivity index (χ0v) is 27.2. The lowest BCUT2D eigenvalue weighted by Crippen LogP contribution is -2.53. The fourth-order valence-electron chi connectivity index (χ4n) is 5.43. The molecule has 268 valence electrons. The first-order chi connectivity index (χ1) is 23.6. The van der Waals surface area contributed by atoms with E-state index in [1.165, 1.54) is 24.3 Å². The third-order valence-electron chi connectivity index (χ3n) is 7.74. The van der Waals surface area contributed by atoms with Crippen LogP contribution in [0, 0.1) is 5.82 Å². The number of phenolic OH excluding ortho intramolecular Hbond substituents is 1. The van der Waals surface area contributed by atoms with E-state index >= 15 is 0 Å². The molecule has 50 heavy (non-hydrogen) atoms. The second-order valence-electron chi connectivity index (χ2n) is 11.6. The van der Waals surface area contributed by atoms with Gasteiger partial charge in [-0.05, 0) is 67.1 Å². The molecule has 11 nitrogen and oxygen atoms in total. The number of urea groups is 1. The molecule has 0 aromatic heterocycles. The van der Waals surface area contributed by atoms with Crippen molar-refractivity contribution >= 4 is 29.6 Å². The third kappa shape index (κ3) is 12.2. The number of carbonyl (C=O) groups excluding carboxylic acids is 4. The molecule has 1 aliphatic rings. The number of phenols is 1. The summed E-state index contributed by atoms with van der Waals surface area (Å²) in [6, 6.07) is 17.6. The van der Waals surface area contributed by atoms with Crippen LogP contribution in [0.4, 0.5) is 28.0 Å². The number of esters is 1. The Morgan fingerprint density at radius 2 is 1.62 bits per heavy atom. The number of rotatable bonds is 12. The fourth-order valence-corrected chi connectivity index (χ4v) is 5.43. The summed E-state index contributed by atoms with van der Waals surface area (Å²) in [6.45, 7) is 8.77. The Kier molecular flexibility index (Phi) is 13.9. The Labute approximate surface area is 286 Å². The molecule has 3 aromatic rings. The Balaban J connectivity index is 0.000000872. The van der Waals surface area contributed by atoms with Crippen LogP contribution in [0.3, 0.4) is 0 Å². The zero-order valence-electron chi connectivity index (χ0n) is 27.2. The van der Waals surface area contributed by atoms with Crippen molar-refractivity contribution in [1.82, 2.24) is 10.6 Å². The normalized spacial score (nSPS) is 17.3. The van der Waals surface area contributed by atoms with Crippen molar-refractivity contribution in [2.75, 3.05) is 31.6 Å². The molecule has 1 unspecified atom stereocenters. The van der Waals surface area contributed by atoms with Gasteiger partial charge in [0.2, 0.25) is 5.91 Å². The number of alkyl halides is 3. The lowest BCUT2D eigenvalue weighted by atomic mass is 10.0. The van der Waals surface area contributed by atoms with Crippen LogP contribution >= 0.6 is 0 Å². The number of aromatic hydroxyl groups is 1. The summed E-state index contributed by atoms with van der Waals surface area (Å²) in [5.41, 5.74) is 2.57. The van der Waals surface area contributed by atoms with E-state index in [1.807, 2.05) is 6.08 Å². The number of carboxylic acids is 1. The van der Waals surface area contributed by atoms with Crippen LogP contribution in [-0.4, -0.2) is 78.0 Å². The van der Waals surface area contributed by atoms with E-state index in [0.29, 0.717) is 35.4 Å². The second-order valence-corrected chi connectivity index (χ2v) is 11.6. The summed E-state index contributed by atoms with van der Waals surface area (Å²) in [5.74, 6) is -3.97. The van der Waals surface area contributed by atoms with E-state index in [1.54, 1.807) is 55.5 Å². The molecular weight excluding hydrogens is 664 g/mol. The van der Waals surface area contributed by atoms with Crippen molar-refractivity contribution in [2.45, 2.75) is 44.6 Å². The number of ether oxygens (including phenoxy) is 1. The average Bonchev–Trinajstić information content (AvgIpc) is 3.44. The molecule has 3 atom stereocenters. The number of carboxylic acid groups (broad SMARTS) is 1. The van der Waals surface area contributed by atoms with Crippen molar-refractivity contribution < 1.29 is 56.2 Å². The third-order valence-corrected chi connectivity index (χ3v) is 7.74. The molecule has 0 spiro atoms. The van der Waals surface area contributed by atoms with Gasteiger partial charge in [-0.3, -0.25) is 4.79 Å². The number of carbonyl (C=O) groups is 4. The minimum atomic E-state index is -5.19. The summed E-state index contributed by atoms with van der Waals surface area (Å²) in [4.78, 5) is 47.3. The van der Waals surface area contributed by atoms with E-state index < -0.39 is 30.2 Å². The van der Waals surface area contributed by atoms with Crippen LogP contribution < -0.4 is 21.1 Å². The van der Waals surface area contributed by atoms with Gasteiger partial charge in [0.1, 0.15) is 30.1 Å². The Hall–Kier alpha value is -5.44. The summed E-state index contributed by atoms with van der Waals surface area (Å²) in [7, 11) is 0. The minimum absolute atomic E-state index is 0.102. The van der Waals surface area contributed by atoms with Crippen molar-refractivity contribution in [2.24, 2.45) is 0 Å². The van der Waals surface area contributed by atoms with Crippen LogP contribution in [0.2, 0.25) is 0 Å². The van der Waals surface area contributed by atoms with Crippen molar-refractivity contribution in [3.05, 3.63) is 108 Å². The van der Waals surface area contributed by atoms with Gasteiger partial charge in [0, 0.05) is 24.1 Å². The van der Waals surface area contributed by atoms with Gasteiger partial charge >= 0.3 is 18.2 Å². The number of likely N-dealkylation sites (tertiary alicyclic amines) is 1. The molecule has 4 rings (SSSR count). The topological polar surface area (TPSA) is 157 Å². The zero-order chi connectivity index (χ0) is 36.9. The van der Waals surface area contributed by atoms with Crippen LogP contribution in [-0.2, 0) is 27.3 Å². The van der Waals surface area contributed by atoms with Crippen LogP contribution in [0.5, 0.6) is 5.75 Å². The monoisotopic (exact) mass is 702 g/mol. The molecule has 3 amide bonds. The second kappa shape index (κ2) is 17.8. The number of amides is 3. The molecule has 1 heterocycles. The molecule has 1 aliphatic heterocycles. The highest BCUT2D eigenvalue weighted by molar-refractivity contribution is 5.95. The molecule has 0 radical (unpaired) electrons. The fraction of sp³-hybridized carbons (Fsp3) is 0.314. The number of nitrogens with zero attached hydrogens (tertiary/aromatic N) is 1. The number of nitrogens with one attached hydrogen (secondary N) is 3. The lowest BCUT2D eigenvalue weighted by Gasteiger charge is -2.34. The molecule has 1 fully saturated rings. The highest BCUT2D eigenvalue weighted by Gasteiger charge is 2.39. The predicted molar refractivity (Wildman–Crippen MR) is 173 cm³/mol. The Bertz CT molecular complexity index is 1620. The maximum absolute atomic E-state index is 13.6. The lowest BCUT2D eigenvalue weighted by molar-refractivity contribution is -0.924. The van der Waals surface area contributed by atoms with Crippen LogP contribution in [0.1, 0.15) is 34.8 Å². The largest absolute Gasteiger partial charge is 0.542 e. The SMILES string of the molecule is C=CC[N+]1(Cc2ccc(F)cc2)CC[C@H](NC(=O)[C@H](Cc2ccc(O)cc2)NC(=O)Nc2ccc(C(=O)OCC)cc2)C1.O=C([O-])C(F)(F)F. The predicted octanol–water partition coefficient (Wildman–Crippen LogP) is 3.83. The summed E-state index contributed by atoms with van der Waals surface area (Å²) < 4.78 is 50.7. The van der Waals surface area contributed by atoms with Crippen molar-refractivity contribution in [1.29, 1.82) is 0 Å². The van der Waals surface area contributed by atoms with Crippen molar-refractivity contribution in [3.8, 4) is 5.75 Å². The van der Waals surface area contributed by atoms with E-state index in [0.717, 1.165) is 24.1 Å². The standard InChI is InChI=1S/C33H37FN4O5.C2HF3O2/c1-3-18-38(21-24-5-11-26(34)12-6-24)19-17-28(22-38)35-31(40)30(20-23-7-15-29(39)16-8-23)37-33(42)36-27-13-9-25(10-14-27)32(41)43-4-2;3-2(4,5)1(6)7/h3,5-16,28,30H,1,4,17-22H2,2H3,(H3-,35,36,37,39,40,41,42);(H,6,7)/t28-,30-,38?;/m0./s1. The molecule has 4 N–H and O–H groups in total. The van der Waals surface area contributed by atoms with Gasteiger partial charge in [0.15, 0.2) is 0 Å². The van der Waals surface area contributed by atoms with Gasteiger partial charge in [-0.2, -0.15) is 13.2 Å². The van der Waals surface area contributed by atoms with Gasteiger partial charge in [0.25, 0.3) is 0 Å². The quantitative estimate of drug-likeness (QED) is 0.0968. The highest BCUT2D eigenvalue weighted by Crippen LogP contribution is 2.25. The van der Waals surface area contributed by atoms with Gasteiger partial charge < -0.3 is 40.2 Å². The van der Waals surface area contributed by atoms with Crippen LogP contribution in [0.15, 0.2) is 85.5 Å². The van der Waals surface area contributed by atoms with E-state index in [4.69, 9.17) is 14.6 Å². The van der Waals surface area contributed by atoms with E-state index in [2.05, 4.69) is 22.5 Å². The average molecular weight is 703 g/mol. The number of anilines is 1. The molecule has 3 aromatic carbocycles. The molecule has 0 bridgehead atoms. The molecule has 15 heteroatoms. The van der Waals surface area contributed by atoms with Gasteiger partial charge in [0.05, 0.1) is 37.8 Å². The first-order valence-corrected chi connectivity index (χ1v) is 15.5. The first-order valence-electron chi connectivity index (χ1n) is 15.5. The number of aliphatic carboxylic acids is 1. The number of benzene rings is 3. The molecule has 0 saturated carbocycles. The Morgan fingerprint density at radius 3 is 2.18 bits per heavy atom. The number of halogens is 4. The number of hydrogen-bond acceptors (Lipinski definition) is 7. The van der Waals surface area contributed by atoms with Gasteiger partial charge in [-0.1, -0.05) is 30.8 Å².